The van der Waals surface area contributed by atoms with Gasteiger partial charge in [-0.15, -0.1) is 0 Å². The first-order valence-electron chi connectivity index (χ1n) is 7.46. The lowest BCUT2D eigenvalue weighted by Gasteiger charge is -2.24. The van der Waals surface area contributed by atoms with Gasteiger partial charge in [0.15, 0.2) is 0 Å². The molecular formula is C15H23BrN2O3S. The summed E-state index contributed by atoms with van der Waals surface area (Å²) in [6.45, 7) is 5.79. The summed E-state index contributed by atoms with van der Waals surface area (Å²) in [7, 11) is -3.62. The zero-order chi connectivity index (χ0) is 16.3. The number of hydrogen-bond acceptors (Lipinski definition) is 4. The van der Waals surface area contributed by atoms with Crippen molar-refractivity contribution in [2.45, 2.75) is 37.3 Å². The lowest BCUT2D eigenvalue weighted by atomic mass is 10.1. The molecule has 3 atom stereocenters. The predicted octanol–water partition coefficient (Wildman–Crippen LogP) is 1.82. The summed E-state index contributed by atoms with van der Waals surface area (Å²) in [5.41, 5.74) is 0. The van der Waals surface area contributed by atoms with Crippen molar-refractivity contribution in [3.05, 3.63) is 28.7 Å². The molecule has 0 spiro atoms. The SMILES string of the molecule is CC1CC(C)N(C[C@@H](O)CNS(=O)(=O)c2ccccc2Br)C1. The van der Waals surface area contributed by atoms with Gasteiger partial charge in [0, 0.05) is 30.1 Å². The minimum absolute atomic E-state index is 0.0151. The first kappa shape index (κ1) is 17.9. The minimum Gasteiger partial charge on any atom is -0.390 e. The van der Waals surface area contributed by atoms with Gasteiger partial charge < -0.3 is 5.11 Å². The van der Waals surface area contributed by atoms with Gasteiger partial charge >= 0.3 is 0 Å². The summed E-state index contributed by atoms with van der Waals surface area (Å²) in [5.74, 6) is 0.624. The molecule has 1 aromatic rings. The van der Waals surface area contributed by atoms with E-state index in [0.717, 1.165) is 13.0 Å². The van der Waals surface area contributed by atoms with Crippen molar-refractivity contribution < 1.29 is 13.5 Å². The van der Waals surface area contributed by atoms with E-state index in [2.05, 4.69) is 39.4 Å². The summed E-state index contributed by atoms with van der Waals surface area (Å²) < 4.78 is 27.5. The molecule has 7 heteroatoms. The van der Waals surface area contributed by atoms with E-state index in [1.807, 2.05) is 0 Å². The van der Waals surface area contributed by atoms with Gasteiger partial charge in [-0.3, -0.25) is 4.90 Å². The van der Waals surface area contributed by atoms with E-state index >= 15 is 0 Å². The van der Waals surface area contributed by atoms with E-state index < -0.39 is 16.1 Å². The molecule has 0 aliphatic carbocycles. The highest BCUT2D eigenvalue weighted by Crippen LogP contribution is 2.23. The van der Waals surface area contributed by atoms with E-state index in [9.17, 15) is 13.5 Å². The number of aliphatic hydroxyl groups is 1. The summed E-state index contributed by atoms with van der Waals surface area (Å²) in [6.07, 6.45) is 0.403. The second kappa shape index (κ2) is 7.40. The van der Waals surface area contributed by atoms with Crippen LogP contribution in [-0.2, 0) is 10.0 Å². The maximum absolute atomic E-state index is 12.2. The van der Waals surface area contributed by atoms with Crippen molar-refractivity contribution in [3.63, 3.8) is 0 Å². The van der Waals surface area contributed by atoms with Gasteiger partial charge in [-0.1, -0.05) is 19.1 Å². The molecule has 1 aromatic carbocycles. The Labute approximate surface area is 140 Å². The monoisotopic (exact) mass is 390 g/mol. The zero-order valence-electron chi connectivity index (χ0n) is 12.9. The highest BCUT2D eigenvalue weighted by molar-refractivity contribution is 9.10. The van der Waals surface area contributed by atoms with E-state index in [1.165, 1.54) is 6.07 Å². The molecule has 2 unspecified atom stereocenters. The molecule has 2 N–H and O–H groups in total. The van der Waals surface area contributed by atoms with E-state index in [4.69, 9.17) is 0 Å². The Kier molecular flexibility index (Phi) is 6.01. The van der Waals surface area contributed by atoms with Crippen molar-refractivity contribution >= 4 is 26.0 Å². The molecule has 1 heterocycles. The number of β-amino-alcohol motifs (C(OH)–C–C–N with tert-alkyl or cyclic N) is 1. The number of halogens is 1. The van der Waals surface area contributed by atoms with Crippen LogP contribution in [0.2, 0.25) is 0 Å². The van der Waals surface area contributed by atoms with Gasteiger partial charge in [-0.05, 0) is 47.3 Å². The largest absolute Gasteiger partial charge is 0.390 e. The normalized spacial score (nSPS) is 24.5. The second-order valence-corrected chi connectivity index (χ2v) is 8.67. The summed E-state index contributed by atoms with van der Waals surface area (Å²) in [4.78, 5) is 2.40. The maximum atomic E-state index is 12.2. The van der Waals surface area contributed by atoms with Gasteiger partial charge in [0.05, 0.1) is 11.0 Å². The van der Waals surface area contributed by atoms with Crippen LogP contribution in [0.15, 0.2) is 33.6 Å². The molecule has 5 nitrogen and oxygen atoms in total. The molecule has 124 valence electrons. The second-order valence-electron chi connectivity index (χ2n) is 6.08. The topological polar surface area (TPSA) is 69.6 Å². The minimum atomic E-state index is -3.62. The number of aliphatic hydroxyl groups excluding tert-OH is 1. The third-order valence-corrected chi connectivity index (χ3v) is 6.43. The number of sulfonamides is 1. The Bertz CT molecular complexity index is 609. The van der Waals surface area contributed by atoms with Crippen molar-refractivity contribution in [1.82, 2.24) is 9.62 Å². The summed E-state index contributed by atoms with van der Waals surface area (Å²) in [5, 5.41) is 10.1. The van der Waals surface area contributed by atoms with Gasteiger partial charge in [0.25, 0.3) is 0 Å². The lowest BCUT2D eigenvalue weighted by molar-refractivity contribution is 0.111. The highest BCUT2D eigenvalue weighted by atomic mass is 79.9. The molecule has 1 saturated heterocycles. The van der Waals surface area contributed by atoms with Crippen LogP contribution < -0.4 is 4.72 Å². The Balaban J connectivity index is 1.91. The zero-order valence-corrected chi connectivity index (χ0v) is 15.3. The molecule has 0 aromatic heterocycles. The first-order valence-corrected chi connectivity index (χ1v) is 9.73. The van der Waals surface area contributed by atoms with Crippen LogP contribution in [0, 0.1) is 5.92 Å². The highest BCUT2D eigenvalue weighted by Gasteiger charge is 2.28. The number of hydrogen-bond donors (Lipinski definition) is 2. The van der Waals surface area contributed by atoms with Crippen molar-refractivity contribution in [2.24, 2.45) is 5.92 Å². The molecule has 1 aliphatic heterocycles. The fraction of sp³-hybridized carbons (Fsp3) is 0.600. The van der Waals surface area contributed by atoms with Gasteiger partial charge in [-0.2, -0.15) is 0 Å². The predicted molar refractivity (Wildman–Crippen MR) is 90.2 cm³/mol. The molecule has 1 fully saturated rings. The summed E-state index contributed by atoms with van der Waals surface area (Å²) >= 11 is 3.23. The quantitative estimate of drug-likeness (QED) is 0.776. The standard InChI is InChI=1S/C15H23BrN2O3S/c1-11-7-12(2)18(9-11)10-13(19)8-17-22(20,21)15-6-4-3-5-14(15)16/h3-6,11-13,17,19H,7-10H2,1-2H3/t11?,12?,13-/m0/s1. The number of benzene rings is 1. The Morgan fingerprint density at radius 1 is 1.41 bits per heavy atom. The average Bonchev–Trinajstić information content (AvgIpc) is 2.75. The molecule has 0 amide bonds. The fourth-order valence-corrected chi connectivity index (χ4v) is 5.00. The van der Waals surface area contributed by atoms with Crippen molar-refractivity contribution in [1.29, 1.82) is 0 Å². The Hall–Kier alpha value is -0.470. The Morgan fingerprint density at radius 3 is 2.68 bits per heavy atom. The summed E-state index contributed by atoms with van der Waals surface area (Å²) in [6, 6.07) is 7.07. The first-order chi connectivity index (χ1) is 10.3. The van der Waals surface area contributed by atoms with E-state index in [0.29, 0.717) is 23.0 Å². The molecule has 1 aliphatic rings. The van der Waals surface area contributed by atoms with Crippen LogP contribution >= 0.6 is 15.9 Å². The molecular weight excluding hydrogens is 368 g/mol. The smallest absolute Gasteiger partial charge is 0.241 e. The van der Waals surface area contributed by atoms with Crippen LogP contribution in [0.3, 0.4) is 0 Å². The third-order valence-electron chi connectivity index (χ3n) is 3.99. The van der Waals surface area contributed by atoms with Gasteiger partial charge in [-0.25, -0.2) is 13.1 Å². The third kappa shape index (κ3) is 4.52. The van der Waals surface area contributed by atoms with Gasteiger partial charge in [0.1, 0.15) is 0 Å². The van der Waals surface area contributed by atoms with Crippen LogP contribution in [-0.4, -0.2) is 50.2 Å². The van der Waals surface area contributed by atoms with E-state index in [-0.39, 0.29) is 11.4 Å². The lowest BCUT2D eigenvalue weighted by Crippen LogP contribution is -2.41. The average molecular weight is 391 g/mol. The van der Waals surface area contributed by atoms with Crippen LogP contribution in [0.5, 0.6) is 0 Å². The molecule has 0 bridgehead atoms. The number of likely N-dealkylation sites (tertiary alicyclic amines) is 1. The molecule has 2 rings (SSSR count). The van der Waals surface area contributed by atoms with E-state index in [1.54, 1.807) is 18.2 Å². The van der Waals surface area contributed by atoms with Crippen LogP contribution in [0.25, 0.3) is 0 Å². The van der Waals surface area contributed by atoms with Crippen molar-refractivity contribution in [2.75, 3.05) is 19.6 Å². The Morgan fingerprint density at radius 2 is 2.09 bits per heavy atom. The van der Waals surface area contributed by atoms with Crippen LogP contribution in [0.1, 0.15) is 20.3 Å². The van der Waals surface area contributed by atoms with Crippen LogP contribution in [0.4, 0.5) is 0 Å². The fourth-order valence-electron chi connectivity index (χ4n) is 2.92. The molecule has 0 radical (unpaired) electrons. The van der Waals surface area contributed by atoms with Gasteiger partial charge in [0.2, 0.25) is 10.0 Å². The molecule has 22 heavy (non-hydrogen) atoms. The maximum Gasteiger partial charge on any atom is 0.241 e. The number of rotatable bonds is 6. The number of nitrogens with one attached hydrogen (secondary N) is 1. The van der Waals surface area contributed by atoms with Crippen molar-refractivity contribution in [3.8, 4) is 0 Å². The molecule has 0 saturated carbocycles. The number of nitrogens with zero attached hydrogens (tertiary/aromatic N) is 1.